The van der Waals surface area contributed by atoms with Gasteiger partial charge in [-0.25, -0.2) is 4.90 Å². The standard InChI is InChI=1S/C22H19NO6/c1-12(24)14-4-6-17-16(10-14)20(22(26)23(17)13(2)25)21(27-3)15-5-7-18-19(11-15)29-9-8-28-18/h4-7,10-11H,8-9H2,1-3H3. The maximum Gasteiger partial charge on any atom is 0.269 e. The summed E-state index contributed by atoms with van der Waals surface area (Å²) in [4.78, 5) is 38.3. The molecule has 0 aliphatic carbocycles. The average molecular weight is 393 g/mol. The second-order valence-corrected chi connectivity index (χ2v) is 6.71. The van der Waals surface area contributed by atoms with Gasteiger partial charge in [0.15, 0.2) is 17.3 Å². The monoisotopic (exact) mass is 393 g/mol. The van der Waals surface area contributed by atoms with Crippen molar-refractivity contribution < 1.29 is 28.6 Å². The molecule has 2 aromatic carbocycles. The predicted molar refractivity (Wildman–Crippen MR) is 106 cm³/mol. The van der Waals surface area contributed by atoms with Gasteiger partial charge in [0.25, 0.3) is 5.91 Å². The summed E-state index contributed by atoms with van der Waals surface area (Å²) >= 11 is 0. The van der Waals surface area contributed by atoms with Gasteiger partial charge in [-0.15, -0.1) is 0 Å². The molecule has 2 heterocycles. The summed E-state index contributed by atoms with van der Waals surface area (Å²) in [6.45, 7) is 3.66. The van der Waals surface area contributed by atoms with Crippen LogP contribution in [0.5, 0.6) is 11.5 Å². The molecule has 0 aromatic heterocycles. The third kappa shape index (κ3) is 3.04. The highest BCUT2D eigenvalue weighted by atomic mass is 16.6. The van der Waals surface area contributed by atoms with Crippen molar-refractivity contribution >= 4 is 34.6 Å². The third-order valence-corrected chi connectivity index (χ3v) is 4.88. The summed E-state index contributed by atoms with van der Waals surface area (Å²) in [5.41, 5.74) is 2.17. The Morgan fingerprint density at radius 3 is 2.31 bits per heavy atom. The lowest BCUT2D eigenvalue weighted by Crippen LogP contribution is -2.31. The molecule has 0 N–H and O–H groups in total. The number of rotatable bonds is 3. The summed E-state index contributed by atoms with van der Waals surface area (Å²) in [5.74, 6) is 0.398. The lowest BCUT2D eigenvalue weighted by Gasteiger charge is -2.19. The zero-order valence-corrected chi connectivity index (χ0v) is 16.3. The number of fused-ring (bicyclic) bond motifs is 2. The maximum absolute atomic E-state index is 13.2. The van der Waals surface area contributed by atoms with Crippen molar-refractivity contribution in [3.05, 3.63) is 53.1 Å². The lowest BCUT2D eigenvalue weighted by atomic mass is 9.99. The molecule has 7 nitrogen and oxygen atoms in total. The van der Waals surface area contributed by atoms with E-state index in [4.69, 9.17) is 14.2 Å². The van der Waals surface area contributed by atoms with Crippen molar-refractivity contribution in [3.8, 4) is 11.5 Å². The van der Waals surface area contributed by atoms with Crippen LogP contribution < -0.4 is 14.4 Å². The topological polar surface area (TPSA) is 82.1 Å². The molecule has 0 fully saturated rings. The van der Waals surface area contributed by atoms with E-state index in [1.807, 2.05) is 0 Å². The van der Waals surface area contributed by atoms with Gasteiger partial charge in [-0.2, -0.15) is 0 Å². The number of carbonyl (C=O) groups excluding carboxylic acids is 3. The molecule has 2 amide bonds. The molecule has 0 bridgehead atoms. The first-order valence-electron chi connectivity index (χ1n) is 9.11. The van der Waals surface area contributed by atoms with Crippen LogP contribution in [0.25, 0.3) is 11.3 Å². The van der Waals surface area contributed by atoms with Crippen LogP contribution in [0.1, 0.15) is 35.3 Å². The number of imide groups is 1. The van der Waals surface area contributed by atoms with Crippen LogP contribution >= 0.6 is 0 Å². The van der Waals surface area contributed by atoms with Crippen molar-refractivity contribution in [1.29, 1.82) is 0 Å². The fourth-order valence-corrected chi connectivity index (χ4v) is 3.57. The van der Waals surface area contributed by atoms with Crippen LogP contribution in [0.3, 0.4) is 0 Å². The first-order valence-corrected chi connectivity index (χ1v) is 9.11. The van der Waals surface area contributed by atoms with Gasteiger partial charge in [-0.1, -0.05) is 0 Å². The number of hydrogen-bond donors (Lipinski definition) is 0. The van der Waals surface area contributed by atoms with Gasteiger partial charge >= 0.3 is 0 Å². The van der Waals surface area contributed by atoms with Crippen molar-refractivity contribution in [1.82, 2.24) is 0 Å². The average Bonchev–Trinajstić information content (AvgIpc) is 3.00. The van der Waals surface area contributed by atoms with E-state index in [0.29, 0.717) is 47.1 Å². The van der Waals surface area contributed by atoms with Crippen LogP contribution in [0, 0.1) is 0 Å². The number of benzene rings is 2. The van der Waals surface area contributed by atoms with Crippen LogP contribution in [0.2, 0.25) is 0 Å². The Kier molecular flexibility index (Phi) is 4.58. The maximum atomic E-state index is 13.2. The van der Waals surface area contributed by atoms with Gasteiger partial charge < -0.3 is 14.2 Å². The second kappa shape index (κ2) is 7.09. The number of ether oxygens (including phenoxy) is 3. The molecule has 0 radical (unpaired) electrons. The summed E-state index contributed by atoms with van der Waals surface area (Å²) in [7, 11) is 1.46. The Labute approximate surface area is 167 Å². The number of Topliss-reactive ketones (excluding diaryl/α,β-unsaturated/α-hetero) is 1. The number of nitrogens with zero attached hydrogens (tertiary/aromatic N) is 1. The molecule has 148 valence electrons. The Hall–Kier alpha value is -3.61. The van der Waals surface area contributed by atoms with E-state index >= 15 is 0 Å². The van der Waals surface area contributed by atoms with Crippen molar-refractivity contribution in [2.24, 2.45) is 0 Å². The Balaban J connectivity index is 1.95. The highest BCUT2D eigenvalue weighted by Gasteiger charge is 2.38. The molecule has 4 rings (SSSR count). The van der Waals surface area contributed by atoms with Gasteiger partial charge in [-0.3, -0.25) is 14.4 Å². The van der Waals surface area contributed by atoms with Crippen LogP contribution in [-0.2, 0) is 14.3 Å². The summed E-state index contributed by atoms with van der Waals surface area (Å²) in [6.07, 6.45) is 0. The molecule has 2 aliphatic heterocycles. The van der Waals surface area contributed by atoms with E-state index < -0.39 is 11.8 Å². The van der Waals surface area contributed by atoms with Gasteiger partial charge in [0, 0.05) is 23.6 Å². The summed E-state index contributed by atoms with van der Waals surface area (Å²) in [6, 6.07) is 10.1. The lowest BCUT2D eigenvalue weighted by molar-refractivity contribution is -0.122. The van der Waals surface area contributed by atoms with E-state index in [2.05, 4.69) is 0 Å². The van der Waals surface area contributed by atoms with Gasteiger partial charge in [-0.05, 0) is 43.3 Å². The number of methoxy groups -OCH3 is 1. The molecular weight excluding hydrogens is 374 g/mol. The first kappa shape index (κ1) is 18.7. The summed E-state index contributed by atoms with van der Waals surface area (Å²) < 4.78 is 16.8. The van der Waals surface area contributed by atoms with E-state index in [1.165, 1.54) is 21.0 Å². The van der Waals surface area contributed by atoms with Crippen molar-refractivity contribution in [3.63, 3.8) is 0 Å². The minimum atomic E-state index is -0.500. The Morgan fingerprint density at radius 2 is 1.66 bits per heavy atom. The molecule has 2 aliphatic rings. The molecule has 0 saturated carbocycles. The largest absolute Gasteiger partial charge is 0.495 e. The fourth-order valence-electron chi connectivity index (χ4n) is 3.57. The zero-order valence-electron chi connectivity index (χ0n) is 16.3. The Morgan fingerprint density at radius 1 is 0.966 bits per heavy atom. The predicted octanol–water partition coefficient (Wildman–Crippen LogP) is 3.07. The number of carbonyl (C=O) groups is 3. The molecule has 0 saturated heterocycles. The summed E-state index contributed by atoms with van der Waals surface area (Å²) in [5, 5.41) is 0. The normalized spacial score (nSPS) is 16.4. The van der Waals surface area contributed by atoms with Crippen LogP contribution in [-0.4, -0.2) is 37.9 Å². The highest BCUT2D eigenvalue weighted by molar-refractivity contribution is 6.43. The van der Waals surface area contributed by atoms with Crippen LogP contribution in [0.15, 0.2) is 36.4 Å². The van der Waals surface area contributed by atoms with E-state index in [-0.39, 0.29) is 17.1 Å². The highest BCUT2D eigenvalue weighted by Crippen LogP contribution is 2.43. The number of ketones is 1. The van der Waals surface area contributed by atoms with Gasteiger partial charge in [0.05, 0.1) is 18.4 Å². The van der Waals surface area contributed by atoms with Crippen molar-refractivity contribution in [2.75, 3.05) is 25.2 Å². The third-order valence-electron chi connectivity index (χ3n) is 4.88. The molecule has 0 atom stereocenters. The van der Waals surface area contributed by atoms with E-state index in [1.54, 1.807) is 36.4 Å². The van der Waals surface area contributed by atoms with Crippen LogP contribution in [0.4, 0.5) is 5.69 Å². The van der Waals surface area contributed by atoms with E-state index in [9.17, 15) is 14.4 Å². The van der Waals surface area contributed by atoms with Crippen molar-refractivity contribution in [2.45, 2.75) is 13.8 Å². The van der Waals surface area contributed by atoms with E-state index in [0.717, 1.165) is 4.90 Å². The zero-order chi connectivity index (χ0) is 20.7. The molecule has 0 unspecified atom stereocenters. The quantitative estimate of drug-likeness (QED) is 0.453. The number of hydrogen-bond acceptors (Lipinski definition) is 6. The number of amides is 2. The minimum absolute atomic E-state index is 0.140. The molecule has 0 spiro atoms. The molecular formula is C22H19NO6. The Bertz CT molecular complexity index is 1080. The second-order valence-electron chi connectivity index (χ2n) is 6.71. The first-order chi connectivity index (χ1) is 13.9. The smallest absolute Gasteiger partial charge is 0.269 e. The molecule has 29 heavy (non-hydrogen) atoms. The minimum Gasteiger partial charge on any atom is -0.495 e. The van der Waals surface area contributed by atoms with Gasteiger partial charge in [0.2, 0.25) is 5.91 Å². The molecule has 2 aromatic rings. The SMILES string of the molecule is COC(=C1C(=O)N(C(C)=O)c2ccc(C(C)=O)cc21)c1ccc2c(c1)OCCO2. The fraction of sp³-hybridized carbons (Fsp3) is 0.227. The molecule has 7 heteroatoms. The van der Waals surface area contributed by atoms with Gasteiger partial charge in [0.1, 0.15) is 19.0 Å². The number of anilines is 1.